The number of pyridine rings is 1. The number of nitrogens with zero attached hydrogens (tertiary/aromatic N) is 3. The first-order chi connectivity index (χ1) is 18.0. The lowest BCUT2D eigenvalue weighted by Crippen LogP contribution is -2.36. The zero-order chi connectivity index (χ0) is 26.2. The molecule has 0 spiro atoms. The van der Waals surface area contributed by atoms with E-state index in [9.17, 15) is 15.2 Å². The van der Waals surface area contributed by atoms with E-state index >= 15 is 0 Å². The van der Waals surface area contributed by atoms with Crippen molar-refractivity contribution < 1.29 is 24.2 Å². The highest BCUT2D eigenvalue weighted by Crippen LogP contribution is 2.36. The molecule has 1 aliphatic heterocycles. The quantitative estimate of drug-likeness (QED) is 0.291. The number of nitrogens with one attached hydrogen (secondary N) is 1. The van der Waals surface area contributed by atoms with Gasteiger partial charge in [-0.3, -0.25) is 10.1 Å². The Morgan fingerprint density at radius 1 is 1.03 bits per heavy atom. The zero-order valence-corrected chi connectivity index (χ0v) is 21.0. The van der Waals surface area contributed by atoms with E-state index in [4.69, 9.17) is 14.2 Å². The molecule has 37 heavy (non-hydrogen) atoms. The second-order valence-electron chi connectivity index (χ2n) is 8.90. The molecule has 4 rings (SSSR count). The minimum atomic E-state index is -0.389. The molecule has 1 aromatic heterocycles. The van der Waals surface area contributed by atoms with Crippen LogP contribution < -0.4 is 19.7 Å². The van der Waals surface area contributed by atoms with E-state index in [1.54, 1.807) is 26.5 Å². The molecular weight excluding hydrogens is 476 g/mol. The molecule has 1 fully saturated rings. The SMILES string of the molecule is COc1ccc(CN(Cc2ccc(OC)cc2)c2nccc(NC3CCC(CO)OC3)c2[N+](=O)[O-])cc1. The fraction of sp³-hybridized carbons (Fsp3) is 0.370. The number of hydrogen-bond donors (Lipinski definition) is 2. The van der Waals surface area contributed by atoms with Gasteiger partial charge in [0.05, 0.1) is 38.5 Å². The monoisotopic (exact) mass is 508 g/mol. The zero-order valence-electron chi connectivity index (χ0n) is 21.0. The molecule has 0 radical (unpaired) electrons. The van der Waals surface area contributed by atoms with Crippen LogP contribution in [0.1, 0.15) is 24.0 Å². The number of aliphatic hydroxyl groups is 1. The molecule has 0 amide bonds. The van der Waals surface area contributed by atoms with Gasteiger partial charge < -0.3 is 29.5 Å². The highest BCUT2D eigenvalue weighted by molar-refractivity contribution is 5.74. The summed E-state index contributed by atoms with van der Waals surface area (Å²) >= 11 is 0. The molecule has 0 aliphatic carbocycles. The standard InChI is InChI=1S/C27H32N4O6/c1-35-22-8-3-19(4-9-22)15-30(16-20-5-10-23(36-2)11-6-20)27-26(31(33)34)25(13-14-28-27)29-21-7-12-24(17-32)37-18-21/h3-6,8-11,13-14,21,24,32H,7,12,15-18H2,1-2H3,(H,28,29). The van der Waals surface area contributed by atoms with E-state index in [1.807, 2.05) is 53.4 Å². The summed E-state index contributed by atoms with van der Waals surface area (Å²) in [5.74, 6) is 1.74. The van der Waals surface area contributed by atoms with Crippen molar-refractivity contribution in [3.05, 3.63) is 82.0 Å². The Morgan fingerprint density at radius 2 is 1.62 bits per heavy atom. The summed E-state index contributed by atoms with van der Waals surface area (Å²) in [5.41, 5.74) is 2.22. The molecule has 2 N–H and O–H groups in total. The van der Waals surface area contributed by atoms with Crippen molar-refractivity contribution in [2.24, 2.45) is 0 Å². The summed E-state index contributed by atoms with van der Waals surface area (Å²) in [6.07, 6.45) is 2.81. The first-order valence-corrected chi connectivity index (χ1v) is 12.1. The number of aliphatic hydroxyl groups excluding tert-OH is 1. The van der Waals surface area contributed by atoms with Gasteiger partial charge in [0.25, 0.3) is 0 Å². The van der Waals surface area contributed by atoms with Crippen molar-refractivity contribution in [3.8, 4) is 11.5 Å². The Labute approximate surface area is 216 Å². The molecule has 10 heteroatoms. The van der Waals surface area contributed by atoms with Gasteiger partial charge in [-0.15, -0.1) is 0 Å². The van der Waals surface area contributed by atoms with Crippen LogP contribution in [0.15, 0.2) is 60.8 Å². The number of aromatic nitrogens is 1. The van der Waals surface area contributed by atoms with Crippen LogP contribution in [0.5, 0.6) is 11.5 Å². The van der Waals surface area contributed by atoms with E-state index < -0.39 is 0 Å². The number of anilines is 2. The van der Waals surface area contributed by atoms with Crippen molar-refractivity contribution >= 4 is 17.2 Å². The Bertz CT molecular complexity index is 1120. The smallest absolute Gasteiger partial charge is 0.334 e. The van der Waals surface area contributed by atoms with Crippen LogP contribution in [-0.2, 0) is 17.8 Å². The van der Waals surface area contributed by atoms with Crippen LogP contribution in [0.3, 0.4) is 0 Å². The van der Waals surface area contributed by atoms with E-state index in [0.29, 0.717) is 31.8 Å². The lowest BCUT2D eigenvalue weighted by Gasteiger charge is -2.29. The largest absolute Gasteiger partial charge is 0.497 e. The predicted molar refractivity (Wildman–Crippen MR) is 140 cm³/mol. The average Bonchev–Trinajstić information content (AvgIpc) is 2.93. The molecule has 0 bridgehead atoms. The molecule has 3 aromatic rings. The Hall–Kier alpha value is -3.89. The van der Waals surface area contributed by atoms with Crippen molar-refractivity contribution in [1.29, 1.82) is 0 Å². The summed E-state index contributed by atoms with van der Waals surface area (Å²) in [6.45, 7) is 1.13. The van der Waals surface area contributed by atoms with Gasteiger partial charge in [-0.1, -0.05) is 24.3 Å². The third-order valence-electron chi connectivity index (χ3n) is 6.39. The molecule has 2 aromatic carbocycles. The summed E-state index contributed by atoms with van der Waals surface area (Å²) in [7, 11) is 3.22. The van der Waals surface area contributed by atoms with Crippen molar-refractivity contribution in [2.45, 2.75) is 38.1 Å². The molecule has 1 saturated heterocycles. The van der Waals surface area contributed by atoms with Crippen LogP contribution >= 0.6 is 0 Å². The van der Waals surface area contributed by atoms with Crippen molar-refractivity contribution in [2.75, 3.05) is 37.7 Å². The lowest BCUT2D eigenvalue weighted by molar-refractivity contribution is -0.383. The minimum absolute atomic E-state index is 0.0298. The third kappa shape index (κ3) is 6.66. The van der Waals surface area contributed by atoms with Crippen LogP contribution in [0, 0.1) is 10.1 Å². The first-order valence-electron chi connectivity index (χ1n) is 12.1. The summed E-state index contributed by atoms with van der Waals surface area (Å²) in [5, 5.41) is 25.0. The van der Waals surface area contributed by atoms with Gasteiger partial charge in [0.2, 0.25) is 5.82 Å². The van der Waals surface area contributed by atoms with Crippen molar-refractivity contribution in [1.82, 2.24) is 4.98 Å². The Kier molecular flexibility index (Phi) is 8.76. The molecule has 1 aliphatic rings. The molecule has 0 saturated carbocycles. The van der Waals surface area contributed by atoms with E-state index in [2.05, 4.69) is 10.3 Å². The maximum atomic E-state index is 12.4. The van der Waals surface area contributed by atoms with Gasteiger partial charge in [0, 0.05) is 25.3 Å². The van der Waals surface area contributed by atoms with Gasteiger partial charge in [-0.25, -0.2) is 4.98 Å². The highest BCUT2D eigenvalue weighted by atomic mass is 16.6. The summed E-state index contributed by atoms with van der Waals surface area (Å²) < 4.78 is 16.2. The second-order valence-corrected chi connectivity index (χ2v) is 8.90. The first kappa shape index (κ1) is 26.2. The Morgan fingerprint density at radius 3 is 2.08 bits per heavy atom. The molecule has 2 atom stereocenters. The molecular formula is C27H32N4O6. The number of rotatable bonds is 11. The summed E-state index contributed by atoms with van der Waals surface area (Å²) in [6, 6.07) is 16.7. The highest BCUT2D eigenvalue weighted by Gasteiger charge is 2.29. The maximum absolute atomic E-state index is 12.4. The van der Waals surface area contributed by atoms with Gasteiger partial charge >= 0.3 is 5.69 Å². The third-order valence-corrected chi connectivity index (χ3v) is 6.39. The summed E-state index contributed by atoms with van der Waals surface area (Å²) in [4.78, 5) is 18.3. The van der Waals surface area contributed by atoms with E-state index in [-0.39, 0.29) is 35.2 Å². The van der Waals surface area contributed by atoms with Gasteiger partial charge in [0.1, 0.15) is 17.2 Å². The van der Waals surface area contributed by atoms with Crippen LogP contribution in [0.2, 0.25) is 0 Å². The average molecular weight is 509 g/mol. The van der Waals surface area contributed by atoms with Gasteiger partial charge in [0.15, 0.2) is 0 Å². The Balaban J connectivity index is 1.66. The van der Waals surface area contributed by atoms with Crippen LogP contribution in [-0.4, -0.2) is 54.6 Å². The van der Waals surface area contributed by atoms with Crippen molar-refractivity contribution in [3.63, 3.8) is 0 Å². The van der Waals surface area contributed by atoms with E-state index in [1.165, 1.54) is 0 Å². The van der Waals surface area contributed by atoms with Gasteiger partial charge in [-0.05, 0) is 54.3 Å². The number of methoxy groups -OCH3 is 2. The second kappa shape index (κ2) is 12.4. The minimum Gasteiger partial charge on any atom is -0.497 e. The van der Waals surface area contributed by atoms with Gasteiger partial charge in [-0.2, -0.15) is 0 Å². The number of hydrogen-bond acceptors (Lipinski definition) is 9. The topological polar surface area (TPSA) is 119 Å². The molecule has 2 heterocycles. The fourth-order valence-electron chi connectivity index (χ4n) is 4.36. The molecule has 196 valence electrons. The van der Waals surface area contributed by atoms with Crippen LogP contribution in [0.25, 0.3) is 0 Å². The normalized spacial score (nSPS) is 17.2. The molecule has 2 unspecified atom stereocenters. The lowest BCUT2D eigenvalue weighted by atomic mass is 10.0. The number of benzene rings is 2. The molecule has 10 nitrogen and oxygen atoms in total. The fourth-order valence-corrected chi connectivity index (χ4v) is 4.36. The van der Waals surface area contributed by atoms with E-state index in [0.717, 1.165) is 29.0 Å². The number of nitro groups is 1. The number of ether oxygens (including phenoxy) is 3. The van der Waals surface area contributed by atoms with Crippen LogP contribution in [0.4, 0.5) is 17.2 Å². The predicted octanol–water partition coefficient (Wildman–Crippen LogP) is 4.17. The maximum Gasteiger partial charge on any atom is 0.334 e.